The molecular formula is C13H16ClNO2S. The third-order valence-electron chi connectivity index (χ3n) is 3.12. The van der Waals surface area contributed by atoms with Gasteiger partial charge in [0, 0.05) is 11.1 Å². The molecule has 1 atom stereocenters. The molecule has 1 saturated heterocycles. The summed E-state index contributed by atoms with van der Waals surface area (Å²) in [6.07, 6.45) is 3.57. The Morgan fingerprint density at radius 3 is 2.56 bits per heavy atom. The van der Waals surface area contributed by atoms with Gasteiger partial charge in [-0.3, -0.25) is 0 Å². The number of rotatable bonds is 3. The molecule has 0 amide bonds. The average Bonchev–Trinajstić information content (AvgIpc) is 2.84. The highest BCUT2D eigenvalue weighted by Crippen LogP contribution is 2.26. The molecule has 0 aromatic heterocycles. The average molecular weight is 286 g/mol. The minimum Gasteiger partial charge on any atom is -0.309 e. The van der Waals surface area contributed by atoms with Crippen molar-refractivity contribution in [2.24, 2.45) is 0 Å². The molecule has 1 aromatic carbocycles. The quantitative estimate of drug-likeness (QED) is 0.929. The van der Waals surface area contributed by atoms with Crippen molar-refractivity contribution < 1.29 is 8.42 Å². The van der Waals surface area contributed by atoms with Crippen LogP contribution in [0.15, 0.2) is 40.1 Å². The zero-order valence-electron chi connectivity index (χ0n) is 10.2. The molecular weight excluding hydrogens is 270 g/mol. The van der Waals surface area contributed by atoms with Crippen molar-refractivity contribution in [1.29, 1.82) is 0 Å². The van der Waals surface area contributed by atoms with Gasteiger partial charge in [0.15, 0.2) is 0 Å². The summed E-state index contributed by atoms with van der Waals surface area (Å²) < 4.78 is 25.0. The first-order chi connectivity index (χ1) is 8.55. The maximum atomic E-state index is 12.5. The molecule has 1 aliphatic rings. The van der Waals surface area contributed by atoms with Gasteiger partial charge in [-0.05, 0) is 50.6 Å². The van der Waals surface area contributed by atoms with Gasteiger partial charge < -0.3 is 5.32 Å². The van der Waals surface area contributed by atoms with Gasteiger partial charge in [0.2, 0.25) is 9.84 Å². The normalized spacial score (nSPS) is 21.2. The van der Waals surface area contributed by atoms with Crippen LogP contribution in [0, 0.1) is 0 Å². The molecule has 3 nitrogen and oxygen atoms in total. The highest BCUT2D eigenvalue weighted by atomic mass is 35.5. The first-order valence-electron chi connectivity index (χ1n) is 5.96. The van der Waals surface area contributed by atoms with Gasteiger partial charge in [0.05, 0.1) is 9.80 Å². The van der Waals surface area contributed by atoms with Gasteiger partial charge >= 0.3 is 0 Å². The van der Waals surface area contributed by atoms with E-state index in [0.717, 1.165) is 19.4 Å². The van der Waals surface area contributed by atoms with E-state index in [1.807, 2.05) is 0 Å². The van der Waals surface area contributed by atoms with Crippen LogP contribution in [-0.4, -0.2) is 21.0 Å². The van der Waals surface area contributed by atoms with Crippen LogP contribution in [0.1, 0.15) is 19.8 Å². The van der Waals surface area contributed by atoms with E-state index in [2.05, 4.69) is 5.32 Å². The van der Waals surface area contributed by atoms with Crippen LogP contribution >= 0.6 is 11.6 Å². The highest BCUT2D eigenvalue weighted by Gasteiger charge is 2.29. The number of sulfone groups is 1. The van der Waals surface area contributed by atoms with Gasteiger partial charge in [-0.15, -0.1) is 0 Å². The van der Waals surface area contributed by atoms with Crippen molar-refractivity contribution in [2.45, 2.75) is 30.7 Å². The monoisotopic (exact) mass is 285 g/mol. The van der Waals surface area contributed by atoms with E-state index in [1.54, 1.807) is 37.3 Å². The van der Waals surface area contributed by atoms with E-state index >= 15 is 0 Å². The van der Waals surface area contributed by atoms with Crippen LogP contribution in [0.5, 0.6) is 0 Å². The topological polar surface area (TPSA) is 46.2 Å². The van der Waals surface area contributed by atoms with E-state index in [4.69, 9.17) is 11.6 Å². The van der Waals surface area contributed by atoms with Crippen LogP contribution in [0.4, 0.5) is 0 Å². The lowest BCUT2D eigenvalue weighted by atomic mass is 10.2. The van der Waals surface area contributed by atoms with Crippen molar-refractivity contribution in [3.05, 3.63) is 40.3 Å². The van der Waals surface area contributed by atoms with Gasteiger partial charge in [-0.1, -0.05) is 17.7 Å². The number of halogens is 1. The van der Waals surface area contributed by atoms with Crippen molar-refractivity contribution in [3.63, 3.8) is 0 Å². The molecule has 0 bridgehead atoms. The molecule has 0 saturated carbocycles. The third kappa shape index (κ3) is 2.60. The fourth-order valence-electron chi connectivity index (χ4n) is 2.22. The van der Waals surface area contributed by atoms with E-state index in [-0.39, 0.29) is 6.04 Å². The number of allylic oxidation sites excluding steroid dienone is 1. The third-order valence-corrected chi connectivity index (χ3v) is 5.41. The van der Waals surface area contributed by atoms with E-state index in [0.29, 0.717) is 14.8 Å². The van der Waals surface area contributed by atoms with Crippen LogP contribution < -0.4 is 5.32 Å². The predicted molar refractivity (Wildman–Crippen MR) is 73.4 cm³/mol. The second-order valence-electron chi connectivity index (χ2n) is 4.30. The van der Waals surface area contributed by atoms with Crippen LogP contribution in [0.25, 0.3) is 0 Å². The molecule has 18 heavy (non-hydrogen) atoms. The van der Waals surface area contributed by atoms with E-state index in [1.165, 1.54) is 0 Å². The Hall–Kier alpha value is -0.840. The molecule has 5 heteroatoms. The first kappa shape index (κ1) is 13.6. The fourth-order valence-corrected chi connectivity index (χ4v) is 4.00. The zero-order chi connectivity index (χ0) is 13.2. The standard InChI is InChI=1S/C13H16ClNO2S/c1-2-13(12-4-3-9-15-12)18(16,17)11-7-5-10(14)6-8-11/h2,5-8,12,15H,3-4,9H2,1H3/b13-2-. The smallest absolute Gasteiger partial charge is 0.204 e. The molecule has 0 spiro atoms. The fraction of sp³-hybridized carbons (Fsp3) is 0.385. The minimum absolute atomic E-state index is 0.0596. The maximum Gasteiger partial charge on any atom is 0.204 e. The van der Waals surface area contributed by atoms with Crippen molar-refractivity contribution >= 4 is 21.4 Å². The molecule has 98 valence electrons. The summed E-state index contributed by atoms with van der Waals surface area (Å²) in [5.41, 5.74) is 0. The zero-order valence-corrected chi connectivity index (χ0v) is 11.8. The lowest BCUT2D eigenvalue weighted by Crippen LogP contribution is -2.28. The van der Waals surface area contributed by atoms with Gasteiger partial charge in [0.1, 0.15) is 0 Å². The van der Waals surface area contributed by atoms with Gasteiger partial charge in [0.25, 0.3) is 0 Å². The number of hydrogen-bond donors (Lipinski definition) is 1. The maximum absolute atomic E-state index is 12.5. The van der Waals surface area contributed by atoms with Crippen LogP contribution in [0.2, 0.25) is 5.02 Å². The summed E-state index contributed by atoms with van der Waals surface area (Å²) in [7, 11) is -3.41. The van der Waals surface area contributed by atoms with Crippen LogP contribution in [0.3, 0.4) is 0 Å². The second-order valence-corrected chi connectivity index (χ2v) is 6.68. The molecule has 1 N–H and O–H groups in total. The van der Waals surface area contributed by atoms with E-state index < -0.39 is 9.84 Å². The molecule has 1 unspecified atom stereocenters. The number of benzene rings is 1. The number of nitrogens with one attached hydrogen (secondary N) is 1. The summed E-state index contributed by atoms with van der Waals surface area (Å²) in [6, 6.07) is 6.25. The largest absolute Gasteiger partial charge is 0.309 e. The molecule has 1 heterocycles. The molecule has 0 aliphatic carbocycles. The predicted octanol–water partition coefficient (Wildman–Crippen LogP) is 2.77. The first-order valence-corrected chi connectivity index (χ1v) is 7.82. The SMILES string of the molecule is C/C=C(/C1CCCN1)S(=O)(=O)c1ccc(Cl)cc1. The summed E-state index contributed by atoms with van der Waals surface area (Å²) in [5.74, 6) is 0. The lowest BCUT2D eigenvalue weighted by molar-refractivity contribution is 0.592. The van der Waals surface area contributed by atoms with Crippen molar-refractivity contribution in [2.75, 3.05) is 6.54 Å². The number of hydrogen-bond acceptors (Lipinski definition) is 3. The Morgan fingerprint density at radius 2 is 2.06 bits per heavy atom. The Morgan fingerprint density at radius 1 is 1.39 bits per heavy atom. The Balaban J connectivity index is 2.37. The summed E-state index contributed by atoms with van der Waals surface area (Å²) in [6.45, 7) is 2.64. The van der Waals surface area contributed by atoms with Gasteiger partial charge in [-0.2, -0.15) is 0 Å². The molecule has 1 aliphatic heterocycles. The van der Waals surface area contributed by atoms with Gasteiger partial charge in [-0.25, -0.2) is 8.42 Å². The highest BCUT2D eigenvalue weighted by molar-refractivity contribution is 7.95. The summed E-state index contributed by atoms with van der Waals surface area (Å²) in [5, 5.41) is 3.76. The minimum atomic E-state index is -3.41. The summed E-state index contributed by atoms with van der Waals surface area (Å²) in [4.78, 5) is 0.760. The Kier molecular flexibility index (Phi) is 4.10. The van der Waals surface area contributed by atoms with Crippen molar-refractivity contribution in [3.8, 4) is 0 Å². The van der Waals surface area contributed by atoms with E-state index in [9.17, 15) is 8.42 Å². The second kappa shape index (κ2) is 5.43. The summed E-state index contributed by atoms with van der Waals surface area (Å²) >= 11 is 5.78. The molecule has 0 radical (unpaired) electrons. The Labute approximate surface area is 113 Å². The van der Waals surface area contributed by atoms with Crippen LogP contribution in [-0.2, 0) is 9.84 Å². The molecule has 1 fully saturated rings. The Bertz CT molecular complexity index is 543. The lowest BCUT2D eigenvalue weighted by Gasteiger charge is -2.15. The van der Waals surface area contributed by atoms with Crippen molar-refractivity contribution in [1.82, 2.24) is 5.32 Å². The molecule has 2 rings (SSSR count). The molecule has 1 aromatic rings.